The highest BCUT2D eigenvalue weighted by Crippen LogP contribution is 2.39. The molecule has 1 aliphatic heterocycles. The number of pyridine rings is 2. The van der Waals surface area contributed by atoms with E-state index in [1.807, 2.05) is 13.8 Å². The third kappa shape index (κ3) is 6.20. The average Bonchev–Trinajstić information content (AvgIpc) is 3.13. The molecule has 4 rings (SSSR count). The largest absolute Gasteiger partial charge is 0.493 e. The van der Waals surface area contributed by atoms with E-state index in [0.29, 0.717) is 41.9 Å². The molecule has 1 saturated heterocycles. The van der Waals surface area contributed by atoms with Gasteiger partial charge < -0.3 is 9.64 Å². The van der Waals surface area contributed by atoms with Crippen LogP contribution in [0.3, 0.4) is 0 Å². The van der Waals surface area contributed by atoms with Gasteiger partial charge in [0.15, 0.2) is 15.6 Å². The van der Waals surface area contributed by atoms with E-state index in [9.17, 15) is 17.6 Å². The normalized spacial score (nSPS) is 17.1. The lowest BCUT2D eigenvalue weighted by molar-refractivity contribution is 0.102. The molecule has 9 heteroatoms. The number of halogens is 1. The number of Topliss-reactive ketones (excluding diaryl/α,β-unsaturated/α-hetero) is 1. The smallest absolute Gasteiger partial charge is 0.187 e. The summed E-state index contributed by atoms with van der Waals surface area (Å²) >= 11 is 0. The first kappa shape index (κ1) is 27.7. The molecule has 38 heavy (non-hydrogen) atoms. The van der Waals surface area contributed by atoms with Crippen molar-refractivity contribution in [3.63, 3.8) is 0 Å². The van der Waals surface area contributed by atoms with Gasteiger partial charge in [-0.2, -0.15) is 0 Å². The van der Waals surface area contributed by atoms with Crippen LogP contribution in [0.15, 0.2) is 59.8 Å². The van der Waals surface area contributed by atoms with E-state index in [-0.39, 0.29) is 21.9 Å². The number of carbonyl (C=O) groups is 1. The number of ether oxygens (including phenoxy) is 1. The fourth-order valence-electron chi connectivity index (χ4n) is 4.91. The Morgan fingerprint density at radius 3 is 2.61 bits per heavy atom. The van der Waals surface area contributed by atoms with Crippen molar-refractivity contribution in [3.05, 3.63) is 66.2 Å². The van der Waals surface area contributed by atoms with Crippen molar-refractivity contribution in [1.29, 1.82) is 0 Å². The molecule has 1 atom stereocenters. The average molecular weight is 540 g/mol. The van der Waals surface area contributed by atoms with Gasteiger partial charge in [0.05, 0.1) is 22.8 Å². The molecule has 3 aromatic rings. The van der Waals surface area contributed by atoms with E-state index in [2.05, 4.69) is 30.7 Å². The van der Waals surface area contributed by atoms with Crippen LogP contribution < -0.4 is 9.64 Å². The summed E-state index contributed by atoms with van der Waals surface area (Å²) in [5.74, 6) is -0.293. The fraction of sp³-hybridized carbons (Fsp3) is 0.414. The summed E-state index contributed by atoms with van der Waals surface area (Å²) in [5.41, 5.74) is 0.888. The van der Waals surface area contributed by atoms with Crippen LogP contribution in [0, 0.1) is 17.7 Å². The molecule has 0 radical (unpaired) electrons. The summed E-state index contributed by atoms with van der Waals surface area (Å²) in [5, 5.41) is 0. The molecule has 0 amide bonds. The third-order valence-electron chi connectivity index (χ3n) is 6.57. The Kier molecular flexibility index (Phi) is 7.88. The zero-order valence-corrected chi connectivity index (χ0v) is 23.3. The molecule has 2 aromatic heterocycles. The molecule has 202 valence electrons. The van der Waals surface area contributed by atoms with E-state index in [1.165, 1.54) is 36.7 Å². The molecule has 1 aliphatic rings. The van der Waals surface area contributed by atoms with Gasteiger partial charge in [0.25, 0.3) is 0 Å². The Balaban J connectivity index is 1.76. The minimum atomic E-state index is -3.90. The molecule has 0 spiro atoms. The van der Waals surface area contributed by atoms with E-state index in [4.69, 9.17) is 9.72 Å². The predicted molar refractivity (Wildman–Crippen MR) is 146 cm³/mol. The number of benzene rings is 1. The van der Waals surface area contributed by atoms with Gasteiger partial charge in [0.1, 0.15) is 23.1 Å². The number of anilines is 1. The van der Waals surface area contributed by atoms with Gasteiger partial charge in [-0.15, -0.1) is 0 Å². The summed E-state index contributed by atoms with van der Waals surface area (Å²) in [6, 6.07) is 10.6. The molecule has 0 aliphatic carbocycles. The highest BCUT2D eigenvalue weighted by molar-refractivity contribution is 7.92. The maximum absolute atomic E-state index is 14.5. The van der Waals surface area contributed by atoms with Crippen molar-refractivity contribution in [3.8, 4) is 17.0 Å². The molecule has 1 fully saturated rings. The minimum Gasteiger partial charge on any atom is -0.493 e. The van der Waals surface area contributed by atoms with Gasteiger partial charge in [0.2, 0.25) is 0 Å². The SMILES string of the molecule is CC(C)COc1cc(F)cc(-c2ccc(C(=O)CS(=O)(=O)c3cccnc3)c(N3C[C@@H](C)CC3(C)C)n2)c1. The number of aromatic nitrogens is 2. The van der Waals surface area contributed by atoms with Gasteiger partial charge in [-0.25, -0.2) is 17.8 Å². The second kappa shape index (κ2) is 10.8. The van der Waals surface area contributed by atoms with Crippen molar-refractivity contribution in [2.45, 2.75) is 51.5 Å². The summed E-state index contributed by atoms with van der Waals surface area (Å²) in [4.78, 5) is 24.2. The molecular formula is C29H34FN3O4S. The second-order valence-electron chi connectivity index (χ2n) is 11.1. The van der Waals surface area contributed by atoms with Gasteiger partial charge in [-0.05, 0) is 68.5 Å². The second-order valence-corrected chi connectivity index (χ2v) is 13.0. The Bertz CT molecular complexity index is 1420. The monoisotopic (exact) mass is 539 g/mol. The first-order chi connectivity index (χ1) is 17.9. The zero-order chi connectivity index (χ0) is 27.7. The molecule has 1 aromatic carbocycles. The lowest BCUT2D eigenvalue weighted by Crippen LogP contribution is -2.40. The van der Waals surface area contributed by atoms with Gasteiger partial charge in [-0.3, -0.25) is 9.78 Å². The highest BCUT2D eigenvalue weighted by atomic mass is 32.2. The van der Waals surface area contributed by atoms with Gasteiger partial charge >= 0.3 is 0 Å². The van der Waals surface area contributed by atoms with Crippen LogP contribution in [0.2, 0.25) is 0 Å². The van der Waals surface area contributed by atoms with Crippen molar-refractivity contribution in [2.75, 3.05) is 23.8 Å². The van der Waals surface area contributed by atoms with Gasteiger partial charge in [-0.1, -0.05) is 20.8 Å². The summed E-state index contributed by atoms with van der Waals surface area (Å²) in [6.07, 6.45) is 3.59. The van der Waals surface area contributed by atoms with Crippen LogP contribution in [0.5, 0.6) is 5.75 Å². The zero-order valence-electron chi connectivity index (χ0n) is 22.4. The molecule has 3 heterocycles. The van der Waals surface area contributed by atoms with E-state index >= 15 is 0 Å². The Hall–Kier alpha value is -3.33. The maximum Gasteiger partial charge on any atom is 0.187 e. The van der Waals surface area contributed by atoms with Crippen molar-refractivity contribution >= 4 is 21.4 Å². The number of ketones is 1. The predicted octanol–water partition coefficient (Wildman–Crippen LogP) is 5.60. The minimum absolute atomic E-state index is 0.0108. The van der Waals surface area contributed by atoms with Crippen LogP contribution in [-0.4, -0.2) is 48.6 Å². The van der Waals surface area contributed by atoms with Crippen molar-refractivity contribution in [2.24, 2.45) is 11.8 Å². The number of carbonyl (C=O) groups excluding carboxylic acids is 1. The molecule has 0 unspecified atom stereocenters. The standard InChI is InChI=1S/C29H34FN3O4S/c1-19(2)17-37-23-12-21(11-22(30)13-23)26-9-8-25(28(32-26)33-16-20(3)14-29(33,4)5)27(34)18-38(35,36)24-7-6-10-31-15-24/h6-13,15,19-20H,14,16-18H2,1-5H3/t20-/m0/s1. The summed E-state index contributed by atoms with van der Waals surface area (Å²) < 4.78 is 46.2. The summed E-state index contributed by atoms with van der Waals surface area (Å²) in [7, 11) is -3.90. The van der Waals surface area contributed by atoms with Crippen molar-refractivity contribution < 1.29 is 22.3 Å². The fourth-order valence-corrected chi connectivity index (χ4v) is 6.09. The molecule has 0 N–H and O–H groups in total. The van der Waals surface area contributed by atoms with E-state index in [0.717, 1.165) is 6.42 Å². The topological polar surface area (TPSA) is 89.5 Å². The Labute approximate surface area is 224 Å². The highest BCUT2D eigenvalue weighted by Gasteiger charge is 2.39. The Morgan fingerprint density at radius 2 is 1.97 bits per heavy atom. The van der Waals surface area contributed by atoms with E-state index < -0.39 is 27.2 Å². The van der Waals surface area contributed by atoms with Crippen LogP contribution in [0.4, 0.5) is 10.2 Å². The van der Waals surface area contributed by atoms with Crippen LogP contribution in [0.25, 0.3) is 11.3 Å². The molecule has 7 nitrogen and oxygen atoms in total. The lowest BCUT2D eigenvalue weighted by Gasteiger charge is -2.34. The number of nitrogens with zero attached hydrogens (tertiary/aromatic N) is 3. The number of hydrogen-bond acceptors (Lipinski definition) is 7. The van der Waals surface area contributed by atoms with Crippen molar-refractivity contribution in [1.82, 2.24) is 9.97 Å². The van der Waals surface area contributed by atoms with Gasteiger partial charge in [0, 0.05) is 36.1 Å². The lowest BCUT2D eigenvalue weighted by atomic mass is 9.97. The number of hydrogen-bond donors (Lipinski definition) is 0. The number of rotatable bonds is 9. The Morgan fingerprint density at radius 1 is 1.21 bits per heavy atom. The molecular weight excluding hydrogens is 505 g/mol. The molecule has 0 bridgehead atoms. The third-order valence-corrected chi connectivity index (χ3v) is 8.17. The van der Waals surface area contributed by atoms with Crippen LogP contribution >= 0.6 is 0 Å². The van der Waals surface area contributed by atoms with Crippen LogP contribution in [-0.2, 0) is 9.84 Å². The van der Waals surface area contributed by atoms with Crippen LogP contribution in [0.1, 0.15) is 51.4 Å². The maximum atomic E-state index is 14.5. The quantitative estimate of drug-likeness (QED) is 0.327. The molecule has 0 saturated carbocycles. The van der Waals surface area contributed by atoms with E-state index in [1.54, 1.807) is 18.2 Å². The number of sulfone groups is 1. The first-order valence-corrected chi connectivity index (χ1v) is 14.4. The summed E-state index contributed by atoms with van der Waals surface area (Å²) in [6.45, 7) is 11.4. The first-order valence-electron chi connectivity index (χ1n) is 12.7.